The molecule has 1 aromatic rings. The molecule has 1 saturated heterocycles. The van der Waals surface area contributed by atoms with Crippen LogP contribution in [0.25, 0.3) is 0 Å². The van der Waals surface area contributed by atoms with E-state index in [9.17, 15) is 9.18 Å². The highest BCUT2D eigenvalue weighted by Crippen LogP contribution is 2.18. The monoisotopic (exact) mass is 225 g/mol. The van der Waals surface area contributed by atoms with E-state index in [4.69, 9.17) is 0 Å². The van der Waals surface area contributed by atoms with Gasteiger partial charge in [0.05, 0.1) is 18.7 Å². The Hall–Kier alpha value is -1.39. The molecule has 0 radical (unpaired) electrons. The third kappa shape index (κ3) is 2.23. The first kappa shape index (κ1) is 11.1. The largest absolute Gasteiger partial charge is 0.337 e. The van der Waals surface area contributed by atoms with Crippen LogP contribution in [-0.2, 0) is 18.3 Å². The Bertz CT molecular complexity index is 377. The van der Waals surface area contributed by atoms with E-state index >= 15 is 0 Å². The molecule has 1 aliphatic rings. The van der Waals surface area contributed by atoms with Crippen LogP contribution in [0.1, 0.15) is 18.4 Å². The fourth-order valence-electron chi connectivity index (χ4n) is 2.16. The third-order valence-corrected chi connectivity index (χ3v) is 2.99. The third-order valence-electron chi connectivity index (χ3n) is 2.99. The van der Waals surface area contributed by atoms with E-state index in [2.05, 4.69) is 5.10 Å². The molecule has 4 nitrogen and oxygen atoms in total. The highest BCUT2D eigenvalue weighted by molar-refractivity contribution is 5.79. The smallest absolute Gasteiger partial charge is 0.227 e. The average molecular weight is 225 g/mol. The Balaban J connectivity index is 1.97. The Morgan fingerprint density at radius 3 is 3.12 bits per heavy atom. The van der Waals surface area contributed by atoms with Gasteiger partial charge in [-0.1, -0.05) is 0 Å². The summed E-state index contributed by atoms with van der Waals surface area (Å²) in [7, 11) is 1.81. The predicted molar refractivity (Wildman–Crippen MR) is 57.6 cm³/mol. The molecule has 5 heteroatoms. The maximum atomic E-state index is 12.6. The first-order valence-electron chi connectivity index (χ1n) is 5.53. The van der Waals surface area contributed by atoms with E-state index in [1.807, 2.05) is 13.2 Å². The molecule has 1 unspecified atom stereocenters. The summed E-state index contributed by atoms with van der Waals surface area (Å²) in [6.45, 7) is 0.256. The van der Waals surface area contributed by atoms with E-state index in [1.54, 1.807) is 15.8 Å². The number of hydrogen-bond donors (Lipinski definition) is 0. The van der Waals surface area contributed by atoms with Crippen LogP contribution in [0.3, 0.4) is 0 Å². The fourth-order valence-corrected chi connectivity index (χ4v) is 2.16. The van der Waals surface area contributed by atoms with Gasteiger partial charge < -0.3 is 4.90 Å². The second kappa shape index (κ2) is 4.63. The molecule has 0 bridgehead atoms. The first-order valence-corrected chi connectivity index (χ1v) is 5.53. The van der Waals surface area contributed by atoms with Gasteiger partial charge in [-0.3, -0.25) is 9.48 Å². The van der Waals surface area contributed by atoms with Crippen molar-refractivity contribution < 1.29 is 9.18 Å². The van der Waals surface area contributed by atoms with Crippen molar-refractivity contribution in [3.8, 4) is 0 Å². The molecular formula is C11H16FN3O. The highest BCUT2D eigenvalue weighted by Gasteiger charge is 2.28. The van der Waals surface area contributed by atoms with Gasteiger partial charge in [-0.2, -0.15) is 5.10 Å². The van der Waals surface area contributed by atoms with Crippen LogP contribution in [0.15, 0.2) is 12.4 Å². The summed E-state index contributed by atoms with van der Waals surface area (Å²) in [5.74, 6) is 0.00755. The lowest BCUT2D eigenvalue weighted by Crippen LogP contribution is -2.37. The molecule has 2 heterocycles. The van der Waals surface area contributed by atoms with Gasteiger partial charge in [0.15, 0.2) is 0 Å². The molecule has 1 fully saturated rings. The number of rotatable bonds is 3. The van der Waals surface area contributed by atoms with E-state index in [0.717, 1.165) is 18.4 Å². The summed E-state index contributed by atoms with van der Waals surface area (Å²) >= 11 is 0. The Morgan fingerprint density at radius 2 is 2.50 bits per heavy atom. The molecular weight excluding hydrogens is 209 g/mol. The lowest BCUT2D eigenvalue weighted by Gasteiger charge is -2.21. The minimum atomic E-state index is -0.432. The maximum absolute atomic E-state index is 12.6. The number of hydrogen-bond acceptors (Lipinski definition) is 2. The standard InChI is InChI=1S/C11H16FN3O/c1-14-8-9(7-13-14)5-11(16)15-4-2-3-10(15)6-12/h7-8,10H,2-6H2,1H3. The molecule has 1 aromatic heterocycles. The summed E-state index contributed by atoms with van der Waals surface area (Å²) < 4.78 is 14.3. The second-order valence-electron chi connectivity index (χ2n) is 4.24. The van der Waals surface area contributed by atoms with Gasteiger partial charge in [-0.15, -0.1) is 0 Å². The number of likely N-dealkylation sites (tertiary alicyclic amines) is 1. The molecule has 1 aliphatic heterocycles. The summed E-state index contributed by atoms with van der Waals surface area (Å²) in [6, 6.07) is -0.204. The second-order valence-corrected chi connectivity index (χ2v) is 4.24. The number of aryl methyl sites for hydroxylation is 1. The first-order chi connectivity index (χ1) is 7.70. The zero-order valence-electron chi connectivity index (χ0n) is 9.40. The lowest BCUT2D eigenvalue weighted by atomic mass is 10.2. The minimum Gasteiger partial charge on any atom is -0.337 e. The van der Waals surface area contributed by atoms with Gasteiger partial charge in [0.2, 0.25) is 5.91 Å². The van der Waals surface area contributed by atoms with Crippen LogP contribution in [0.2, 0.25) is 0 Å². The molecule has 0 spiro atoms. The van der Waals surface area contributed by atoms with Crippen molar-refractivity contribution in [3.05, 3.63) is 18.0 Å². The molecule has 0 aromatic carbocycles. The molecule has 2 rings (SSSR count). The van der Waals surface area contributed by atoms with Gasteiger partial charge in [0, 0.05) is 19.8 Å². The normalized spacial score (nSPS) is 20.4. The maximum Gasteiger partial charge on any atom is 0.227 e. The molecule has 1 amide bonds. The number of alkyl halides is 1. The molecule has 16 heavy (non-hydrogen) atoms. The minimum absolute atomic E-state index is 0.00755. The number of nitrogens with zero attached hydrogens (tertiary/aromatic N) is 3. The Kier molecular flexibility index (Phi) is 3.22. The van der Waals surface area contributed by atoms with Crippen molar-refractivity contribution >= 4 is 5.91 Å². The Labute approximate surface area is 94.0 Å². The van der Waals surface area contributed by atoms with Crippen LogP contribution in [-0.4, -0.2) is 39.8 Å². The fraction of sp³-hybridized carbons (Fsp3) is 0.636. The van der Waals surface area contributed by atoms with Gasteiger partial charge in [-0.25, -0.2) is 4.39 Å². The van der Waals surface area contributed by atoms with E-state index < -0.39 is 6.67 Å². The van der Waals surface area contributed by atoms with Gasteiger partial charge in [0.25, 0.3) is 0 Å². The van der Waals surface area contributed by atoms with Crippen LogP contribution in [0.4, 0.5) is 4.39 Å². The lowest BCUT2D eigenvalue weighted by molar-refractivity contribution is -0.131. The van der Waals surface area contributed by atoms with Crippen LogP contribution < -0.4 is 0 Å². The molecule has 88 valence electrons. The zero-order valence-corrected chi connectivity index (χ0v) is 9.40. The van der Waals surface area contributed by atoms with Crippen molar-refractivity contribution in [1.82, 2.24) is 14.7 Å². The van der Waals surface area contributed by atoms with E-state index in [0.29, 0.717) is 13.0 Å². The predicted octanol–water partition coefficient (Wildman–Crippen LogP) is 0.923. The highest BCUT2D eigenvalue weighted by atomic mass is 19.1. The van der Waals surface area contributed by atoms with Crippen molar-refractivity contribution in [2.75, 3.05) is 13.2 Å². The van der Waals surface area contributed by atoms with Crippen LogP contribution in [0.5, 0.6) is 0 Å². The molecule has 0 aliphatic carbocycles. The van der Waals surface area contributed by atoms with Crippen molar-refractivity contribution in [2.45, 2.75) is 25.3 Å². The zero-order chi connectivity index (χ0) is 11.5. The molecule has 1 atom stereocenters. The quantitative estimate of drug-likeness (QED) is 0.767. The Morgan fingerprint density at radius 1 is 1.69 bits per heavy atom. The number of amides is 1. The number of carbonyl (C=O) groups excluding carboxylic acids is 1. The van der Waals surface area contributed by atoms with Gasteiger partial charge >= 0.3 is 0 Å². The van der Waals surface area contributed by atoms with Gasteiger partial charge in [-0.05, 0) is 18.4 Å². The summed E-state index contributed by atoms with van der Waals surface area (Å²) in [5, 5.41) is 4.01. The summed E-state index contributed by atoms with van der Waals surface area (Å²) in [6.07, 6.45) is 5.52. The van der Waals surface area contributed by atoms with Crippen molar-refractivity contribution in [1.29, 1.82) is 0 Å². The number of halogens is 1. The average Bonchev–Trinajstić information content (AvgIpc) is 2.86. The SMILES string of the molecule is Cn1cc(CC(=O)N2CCCC2CF)cn1. The topological polar surface area (TPSA) is 38.1 Å². The van der Waals surface area contributed by atoms with Crippen LogP contribution >= 0.6 is 0 Å². The van der Waals surface area contributed by atoms with E-state index in [-0.39, 0.29) is 11.9 Å². The summed E-state index contributed by atoms with van der Waals surface area (Å²) in [5.41, 5.74) is 0.886. The summed E-state index contributed by atoms with van der Waals surface area (Å²) in [4.78, 5) is 13.6. The number of carbonyl (C=O) groups is 1. The van der Waals surface area contributed by atoms with Crippen LogP contribution in [0, 0.1) is 0 Å². The molecule has 0 saturated carbocycles. The van der Waals surface area contributed by atoms with E-state index in [1.165, 1.54) is 0 Å². The number of aromatic nitrogens is 2. The van der Waals surface area contributed by atoms with Crippen molar-refractivity contribution in [2.24, 2.45) is 7.05 Å². The van der Waals surface area contributed by atoms with Crippen molar-refractivity contribution in [3.63, 3.8) is 0 Å². The molecule has 0 N–H and O–H groups in total. The van der Waals surface area contributed by atoms with Gasteiger partial charge in [0.1, 0.15) is 6.67 Å².